The normalized spacial score (nSPS) is 18.5. The predicted octanol–water partition coefficient (Wildman–Crippen LogP) is 6.52. The number of aromatic hydroxyl groups is 1. The van der Waals surface area contributed by atoms with E-state index in [1.807, 2.05) is 36.4 Å². The number of aliphatic hydroxyl groups is 1. The van der Waals surface area contributed by atoms with E-state index in [1.165, 1.54) is 57.8 Å². The molecule has 2 aliphatic rings. The molecule has 0 aliphatic heterocycles. The lowest BCUT2D eigenvalue weighted by molar-refractivity contribution is -0.0778. The third-order valence-electron chi connectivity index (χ3n) is 8.25. The van der Waals surface area contributed by atoms with Crippen LogP contribution in [0.15, 0.2) is 97.1 Å². The minimum Gasteiger partial charge on any atom is -0.508 e. The van der Waals surface area contributed by atoms with Gasteiger partial charge in [-0.15, -0.1) is 0 Å². The van der Waals surface area contributed by atoms with Crippen LogP contribution in [-0.2, 0) is 32.2 Å². The van der Waals surface area contributed by atoms with Crippen LogP contribution in [0.1, 0.15) is 57.5 Å². The number of aliphatic hydroxyl groups excluding tert-OH is 1. The van der Waals surface area contributed by atoms with Crippen LogP contribution in [0, 0.1) is 0 Å². The molecule has 0 amide bonds. The van der Waals surface area contributed by atoms with E-state index in [4.69, 9.17) is 38.6 Å². The van der Waals surface area contributed by atoms with Gasteiger partial charge >= 0.3 is 11.9 Å². The smallest absolute Gasteiger partial charge is 0.341 e. The molecule has 2 saturated carbocycles. The Kier molecular flexibility index (Phi) is 15.1. The number of benzene rings is 4. The fourth-order valence-electron chi connectivity index (χ4n) is 5.17. The molecule has 2 fully saturated rings. The van der Waals surface area contributed by atoms with Gasteiger partial charge in [-0.1, -0.05) is 60.7 Å². The highest BCUT2D eigenvalue weighted by Crippen LogP contribution is 2.32. The SMILES string of the molecule is COC(=O)c1ccc(O)cc1OC.COC(=O)c1ccc(OC2CC(OCc3ccccc3)C2)cc1OC.OC1CC(OCc2ccccc2)C1. The highest BCUT2D eigenvalue weighted by atomic mass is 16.5. The highest BCUT2D eigenvalue weighted by molar-refractivity contribution is 5.93. The second-order valence-electron chi connectivity index (χ2n) is 11.9. The maximum atomic E-state index is 11.7. The van der Waals surface area contributed by atoms with Crippen LogP contribution < -0.4 is 14.2 Å². The molecule has 4 aromatic rings. The number of ether oxygens (including phenoxy) is 7. The number of hydrogen-bond donors (Lipinski definition) is 2. The van der Waals surface area contributed by atoms with Crippen molar-refractivity contribution < 1.29 is 53.0 Å². The highest BCUT2D eigenvalue weighted by Gasteiger charge is 2.32. The van der Waals surface area contributed by atoms with Gasteiger partial charge in [0.25, 0.3) is 0 Å². The number of phenols is 1. The Morgan fingerprint density at radius 2 is 1.08 bits per heavy atom. The Balaban J connectivity index is 0.000000189. The number of methoxy groups -OCH3 is 4. The summed E-state index contributed by atoms with van der Waals surface area (Å²) in [5, 5.41) is 18.1. The molecular weight excluding hydrogens is 656 g/mol. The van der Waals surface area contributed by atoms with E-state index in [-0.39, 0.29) is 30.2 Å². The van der Waals surface area contributed by atoms with E-state index in [2.05, 4.69) is 29.0 Å². The Hall–Kier alpha value is -5.10. The molecule has 0 atom stereocenters. The van der Waals surface area contributed by atoms with Crippen LogP contribution in [0.4, 0.5) is 0 Å². The number of rotatable bonds is 12. The standard InChI is InChI=1S/C20H22O5.C11H14O2.C9H10O4/c1-22-19-12-15(8-9-18(19)20(21)23-2)25-17-10-16(11-17)24-13-14-6-4-3-5-7-14;12-10-6-11(7-10)13-8-9-4-2-1-3-5-9;1-12-8-5-6(10)3-4-7(8)9(11)13-2/h3-9,12,16-17H,10-11,13H2,1-2H3;1-5,10-12H,6-8H2;3-5,10H,1-2H3. The van der Waals surface area contributed by atoms with Crippen LogP contribution in [0.5, 0.6) is 23.0 Å². The summed E-state index contributed by atoms with van der Waals surface area (Å²) in [6.07, 6.45) is 3.80. The minimum atomic E-state index is -0.489. The molecule has 11 nitrogen and oxygen atoms in total. The molecular formula is C40H46O11. The van der Waals surface area contributed by atoms with Gasteiger partial charge in [0.2, 0.25) is 0 Å². The Morgan fingerprint density at radius 1 is 0.608 bits per heavy atom. The van der Waals surface area contributed by atoms with E-state index < -0.39 is 11.9 Å². The van der Waals surface area contributed by atoms with Crippen molar-refractivity contribution in [3.63, 3.8) is 0 Å². The second-order valence-corrected chi connectivity index (χ2v) is 11.9. The van der Waals surface area contributed by atoms with Crippen LogP contribution in [-0.4, -0.2) is 75.0 Å². The lowest BCUT2D eigenvalue weighted by atomic mass is 9.92. The summed E-state index contributed by atoms with van der Waals surface area (Å²) < 4.78 is 36.8. The van der Waals surface area contributed by atoms with Gasteiger partial charge in [-0.25, -0.2) is 9.59 Å². The fraction of sp³-hybridized carbons (Fsp3) is 0.350. The molecule has 0 radical (unpaired) electrons. The van der Waals surface area contributed by atoms with Gasteiger partial charge in [-0.3, -0.25) is 0 Å². The van der Waals surface area contributed by atoms with E-state index in [0.717, 1.165) is 25.7 Å². The van der Waals surface area contributed by atoms with Gasteiger partial charge in [0.15, 0.2) is 0 Å². The third-order valence-corrected chi connectivity index (χ3v) is 8.25. The average Bonchev–Trinajstić information content (AvgIpc) is 3.14. The van der Waals surface area contributed by atoms with Crippen LogP contribution in [0.2, 0.25) is 0 Å². The molecule has 2 N–H and O–H groups in total. The quantitative estimate of drug-likeness (QED) is 0.156. The van der Waals surface area contributed by atoms with Gasteiger partial charge < -0.3 is 43.4 Å². The Morgan fingerprint density at radius 3 is 1.55 bits per heavy atom. The summed E-state index contributed by atoms with van der Waals surface area (Å²) in [5.41, 5.74) is 3.05. The molecule has 4 aromatic carbocycles. The van der Waals surface area contributed by atoms with Gasteiger partial charge in [0, 0.05) is 25.0 Å². The predicted molar refractivity (Wildman–Crippen MR) is 189 cm³/mol. The van der Waals surface area contributed by atoms with E-state index in [9.17, 15) is 9.59 Å². The van der Waals surface area contributed by atoms with Crippen molar-refractivity contribution in [1.82, 2.24) is 0 Å². The van der Waals surface area contributed by atoms with E-state index in [1.54, 1.807) is 18.2 Å². The largest absolute Gasteiger partial charge is 0.508 e. The van der Waals surface area contributed by atoms with Crippen molar-refractivity contribution in [2.24, 2.45) is 0 Å². The van der Waals surface area contributed by atoms with Crippen molar-refractivity contribution in [2.75, 3.05) is 28.4 Å². The second kappa shape index (κ2) is 19.9. The van der Waals surface area contributed by atoms with Crippen LogP contribution in [0.3, 0.4) is 0 Å². The number of hydrogen-bond acceptors (Lipinski definition) is 11. The van der Waals surface area contributed by atoms with Gasteiger partial charge in [-0.05, 0) is 48.2 Å². The van der Waals surface area contributed by atoms with Crippen molar-refractivity contribution in [3.8, 4) is 23.0 Å². The lowest BCUT2D eigenvalue weighted by Gasteiger charge is -2.35. The topological polar surface area (TPSA) is 139 Å². The first kappa shape index (κ1) is 38.7. The number of carbonyl (C=O) groups is 2. The summed E-state index contributed by atoms with van der Waals surface area (Å²) >= 11 is 0. The molecule has 0 heterocycles. The molecule has 51 heavy (non-hydrogen) atoms. The van der Waals surface area contributed by atoms with Gasteiger partial charge in [0.05, 0.1) is 60.0 Å². The summed E-state index contributed by atoms with van der Waals surface area (Å²) in [4.78, 5) is 22.8. The first-order valence-electron chi connectivity index (χ1n) is 16.6. The summed E-state index contributed by atoms with van der Waals surface area (Å²) in [7, 11) is 5.56. The average molecular weight is 703 g/mol. The van der Waals surface area contributed by atoms with E-state index >= 15 is 0 Å². The molecule has 0 aromatic heterocycles. The molecule has 0 bridgehead atoms. The van der Waals surface area contributed by atoms with E-state index in [0.29, 0.717) is 41.6 Å². The summed E-state index contributed by atoms with van der Waals surface area (Å²) in [6, 6.07) is 29.6. The van der Waals surface area contributed by atoms with Crippen molar-refractivity contribution in [3.05, 3.63) is 119 Å². The van der Waals surface area contributed by atoms with Crippen molar-refractivity contribution >= 4 is 11.9 Å². The molecule has 6 rings (SSSR count). The lowest BCUT2D eigenvalue weighted by Crippen LogP contribution is -2.39. The number of carbonyl (C=O) groups excluding carboxylic acids is 2. The number of phenolic OH excluding ortho intramolecular Hbond substituents is 1. The fourth-order valence-corrected chi connectivity index (χ4v) is 5.17. The zero-order valence-corrected chi connectivity index (χ0v) is 29.4. The molecule has 272 valence electrons. The molecule has 11 heteroatoms. The molecule has 0 spiro atoms. The Labute approximate surface area is 298 Å². The number of esters is 2. The Bertz CT molecular complexity index is 1650. The molecule has 2 aliphatic carbocycles. The maximum Gasteiger partial charge on any atom is 0.341 e. The maximum absolute atomic E-state index is 11.7. The van der Waals surface area contributed by atoms with Gasteiger partial charge in [0.1, 0.15) is 40.2 Å². The van der Waals surface area contributed by atoms with Crippen LogP contribution in [0.25, 0.3) is 0 Å². The molecule has 0 unspecified atom stereocenters. The van der Waals surface area contributed by atoms with Crippen LogP contribution >= 0.6 is 0 Å². The zero-order valence-electron chi connectivity index (χ0n) is 29.4. The van der Waals surface area contributed by atoms with Crippen molar-refractivity contribution in [1.29, 1.82) is 0 Å². The first-order chi connectivity index (χ1) is 24.7. The summed E-state index contributed by atoms with van der Waals surface area (Å²) in [6.45, 7) is 1.29. The van der Waals surface area contributed by atoms with Gasteiger partial charge in [-0.2, -0.15) is 0 Å². The third kappa shape index (κ3) is 12.0. The monoisotopic (exact) mass is 702 g/mol. The zero-order chi connectivity index (χ0) is 36.6. The minimum absolute atomic E-state index is 0.0458. The first-order valence-corrected chi connectivity index (χ1v) is 16.6. The molecule has 0 saturated heterocycles. The van der Waals surface area contributed by atoms with Crippen molar-refractivity contribution in [2.45, 2.75) is 63.3 Å². The summed E-state index contributed by atoms with van der Waals surface area (Å²) in [5.74, 6) is 0.547.